The normalized spacial score (nSPS) is 12.8. The zero-order chi connectivity index (χ0) is 9.84. The second kappa shape index (κ2) is 4.31. The first-order valence-electron chi connectivity index (χ1n) is 5.00. The highest BCUT2D eigenvalue weighted by Crippen LogP contribution is 2.26. The molecule has 0 aliphatic rings. The van der Waals surface area contributed by atoms with E-state index in [4.69, 9.17) is 0 Å². The van der Waals surface area contributed by atoms with Gasteiger partial charge in [0.15, 0.2) is 0 Å². The largest absolute Gasteiger partial charge is 0.508 e. The maximum Gasteiger partial charge on any atom is 0.115 e. The van der Waals surface area contributed by atoms with Gasteiger partial charge in [0.25, 0.3) is 0 Å². The summed E-state index contributed by atoms with van der Waals surface area (Å²) in [5.74, 6) is 0.972. The molecule has 0 spiro atoms. The fourth-order valence-electron chi connectivity index (χ4n) is 1.60. The summed E-state index contributed by atoms with van der Waals surface area (Å²) in [4.78, 5) is 0. The summed E-state index contributed by atoms with van der Waals surface area (Å²) >= 11 is 0. The smallest absolute Gasteiger partial charge is 0.115 e. The average Bonchev–Trinajstić information content (AvgIpc) is 2.16. The van der Waals surface area contributed by atoms with E-state index in [2.05, 4.69) is 20.8 Å². The Kier molecular flexibility index (Phi) is 3.35. The van der Waals surface area contributed by atoms with E-state index < -0.39 is 0 Å². The third-order valence-electron chi connectivity index (χ3n) is 2.65. The van der Waals surface area contributed by atoms with Crippen molar-refractivity contribution in [3.05, 3.63) is 29.3 Å². The van der Waals surface area contributed by atoms with Crippen LogP contribution in [0.4, 0.5) is 0 Å². The highest BCUT2D eigenvalue weighted by atomic mass is 16.3. The molecule has 1 heteroatoms. The lowest BCUT2D eigenvalue weighted by Gasteiger charge is -2.13. The minimum absolute atomic E-state index is 0.379. The van der Waals surface area contributed by atoms with Crippen LogP contribution in [0.1, 0.15) is 44.2 Å². The number of phenolic OH excluding ortho intramolecular Hbond substituents is 1. The number of hydrogen-bond donors (Lipinski definition) is 1. The van der Waals surface area contributed by atoms with Gasteiger partial charge in [-0.05, 0) is 42.0 Å². The van der Waals surface area contributed by atoms with Gasteiger partial charge in [-0.25, -0.2) is 0 Å². The first-order valence-corrected chi connectivity index (χ1v) is 5.00. The summed E-state index contributed by atoms with van der Waals surface area (Å²) in [5.41, 5.74) is 2.65. The second-order valence-electron chi connectivity index (χ2n) is 3.55. The molecule has 1 N–H and O–H groups in total. The second-order valence-corrected chi connectivity index (χ2v) is 3.55. The molecule has 1 atom stereocenters. The van der Waals surface area contributed by atoms with Crippen LogP contribution >= 0.6 is 0 Å². The molecular formula is C12H18O. The fourth-order valence-corrected chi connectivity index (χ4v) is 1.60. The zero-order valence-electron chi connectivity index (χ0n) is 8.67. The van der Waals surface area contributed by atoms with Gasteiger partial charge in [-0.15, -0.1) is 0 Å². The van der Waals surface area contributed by atoms with Gasteiger partial charge < -0.3 is 5.11 Å². The molecule has 1 aromatic rings. The van der Waals surface area contributed by atoms with E-state index in [1.165, 1.54) is 11.1 Å². The first kappa shape index (κ1) is 10.1. The predicted molar refractivity (Wildman–Crippen MR) is 56.2 cm³/mol. The van der Waals surface area contributed by atoms with Gasteiger partial charge in [-0.1, -0.05) is 26.8 Å². The summed E-state index contributed by atoms with van der Waals surface area (Å²) in [7, 11) is 0. The number of rotatable bonds is 3. The third kappa shape index (κ3) is 2.24. The lowest BCUT2D eigenvalue weighted by atomic mass is 9.92. The highest BCUT2D eigenvalue weighted by molar-refractivity contribution is 5.36. The van der Waals surface area contributed by atoms with Crippen LogP contribution in [0.5, 0.6) is 5.75 Å². The van der Waals surface area contributed by atoms with Gasteiger partial charge in [-0.3, -0.25) is 0 Å². The number of benzene rings is 1. The molecule has 0 amide bonds. The molecule has 0 saturated heterocycles. The lowest BCUT2D eigenvalue weighted by Crippen LogP contribution is -1.96. The standard InChI is InChI=1S/C12H18O/c1-4-9(3)12-7-6-11(13)8-10(12)5-2/h6-9,13H,4-5H2,1-3H3. The Hall–Kier alpha value is -0.980. The molecule has 0 radical (unpaired) electrons. The van der Waals surface area contributed by atoms with Gasteiger partial charge in [0, 0.05) is 0 Å². The molecule has 1 aromatic carbocycles. The highest BCUT2D eigenvalue weighted by Gasteiger charge is 2.07. The quantitative estimate of drug-likeness (QED) is 0.751. The van der Waals surface area contributed by atoms with Crippen LogP contribution in [0.2, 0.25) is 0 Å². The Morgan fingerprint density at radius 3 is 2.54 bits per heavy atom. The van der Waals surface area contributed by atoms with Crippen LogP contribution in [-0.4, -0.2) is 5.11 Å². The molecule has 0 aliphatic heterocycles. The fraction of sp³-hybridized carbons (Fsp3) is 0.500. The molecule has 0 aliphatic carbocycles. The molecule has 1 unspecified atom stereocenters. The summed E-state index contributed by atoms with van der Waals surface area (Å²) < 4.78 is 0. The van der Waals surface area contributed by atoms with Gasteiger partial charge >= 0.3 is 0 Å². The van der Waals surface area contributed by atoms with Gasteiger partial charge in [0.2, 0.25) is 0 Å². The number of phenols is 1. The lowest BCUT2D eigenvalue weighted by molar-refractivity contribution is 0.474. The van der Waals surface area contributed by atoms with Crippen molar-refractivity contribution in [2.24, 2.45) is 0 Å². The topological polar surface area (TPSA) is 20.2 Å². The zero-order valence-corrected chi connectivity index (χ0v) is 8.67. The van der Waals surface area contributed by atoms with Crippen molar-refractivity contribution in [2.45, 2.75) is 39.5 Å². The van der Waals surface area contributed by atoms with Crippen LogP contribution in [0.3, 0.4) is 0 Å². The summed E-state index contributed by atoms with van der Waals surface area (Å²) in [6.07, 6.45) is 2.14. The SMILES string of the molecule is CCc1cc(O)ccc1C(C)CC. The molecule has 0 saturated carbocycles. The van der Waals surface area contributed by atoms with Crippen molar-refractivity contribution in [1.29, 1.82) is 0 Å². The van der Waals surface area contributed by atoms with Crippen molar-refractivity contribution < 1.29 is 5.11 Å². The van der Waals surface area contributed by atoms with Crippen LogP contribution in [0.15, 0.2) is 18.2 Å². The van der Waals surface area contributed by atoms with Crippen LogP contribution in [0.25, 0.3) is 0 Å². The minimum Gasteiger partial charge on any atom is -0.508 e. The summed E-state index contributed by atoms with van der Waals surface area (Å²) in [6, 6.07) is 5.70. The van der Waals surface area contributed by atoms with Gasteiger partial charge in [0.05, 0.1) is 0 Å². The van der Waals surface area contributed by atoms with Crippen molar-refractivity contribution in [2.75, 3.05) is 0 Å². The predicted octanol–water partition coefficient (Wildman–Crippen LogP) is 3.47. The molecular weight excluding hydrogens is 160 g/mol. The molecule has 72 valence electrons. The average molecular weight is 178 g/mol. The van der Waals surface area contributed by atoms with E-state index in [0.29, 0.717) is 11.7 Å². The number of aromatic hydroxyl groups is 1. The van der Waals surface area contributed by atoms with Crippen LogP contribution < -0.4 is 0 Å². The van der Waals surface area contributed by atoms with Gasteiger partial charge in [-0.2, -0.15) is 0 Å². The maximum atomic E-state index is 9.32. The molecule has 0 heterocycles. The van der Waals surface area contributed by atoms with E-state index in [-0.39, 0.29) is 0 Å². The number of aryl methyl sites for hydroxylation is 1. The Morgan fingerprint density at radius 2 is 2.00 bits per heavy atom. The summed E-state index contributed by atoms with van der Waals surface area (Å²) in [6.45, 7) is 6.54. The van der Waals surface area contributed by atoms with Crippen molar-refractivity contribution >= 4 is 0 Å². The molecule has 13 heavy (non-hydrogen) atoms. The minimum atomic E-state index is 0.379. The van der Waals surface area contributed by atoms with Crippen LogP contribution in [0, 0.1) is 0 Å². The number of hydrogen-bond acceptors (Lipinski definition) is 1. The van der Waals surface area contributed by atoms with E-state index >= 15 is 0 Å². The Labute approximate surface area is 80.4 Å². The first-order chi connectivity index (χ1) is 6.19. The Morgan fingerprint density at radius 1 is 1.31 bits per heavy atom. The molecule has 1 nitrogen and oxygen atoms in total. The monoisotopic (exact) mass is 178 g/mol. The molecule has 0 fully saturated rings. The molecule has 0 aromatic heterocycles. The Balaban J connectivity index is 3.05. The van der Waals surface area contributed by atoms with Gasteiger partial charge in [0.1, 0.15) is 5.75 Å². The third-order valence-corrected chi connectivity index (χ3v) is 2.65. The maximum absolute atomic E-state index is 9.32. The van der Waals surface area contributed by atoms with E-state index in [1.54, 1.807) is 6.07 Å². The Bertz CT molecular complexity index is 278. The van der Waals surface area contributed by atoms with Crippen molar-refractivity contribution in [3.8, 4) is 5.75 Å². The van der Waals surface area contributed by atoms with E-state index in [1.807, 2.05) is 12.1 Å². The van der Waals surface area contributed by atoms with E-state index in [0.717, 1.165) is 12.8 Å². The molecule has 0 bridgehead atoms. The van der Waals surface area contributed by atoms with Crippen molar-refractivity contribution in [3.63, 3.8) is 0 Å². The van der Waals surface area contributed by atoms with E-state index in [9.17, 15) is 5.11 Å². The van der Waals surface area contributed by atoms with Crippen molar-refractivity contribution in [1.82, 2.24) is 0 Å². The summed E-state index contributed by atoms with van der Waals surface area (Å²) in [5, 5.41) is 9.32. The molecule has 1 rings (SSSR count). The van der Waals surface area contributed by atoms with Crippen LogP contribution in [-0.2, 0) is 6.42 Å².